The van der Waals surface area contributed by atoms with E-state index in [1.165, 1.54) is 0 Å². The molecule has 0 saturated carbocycles. The van der Waals surface area contributed by atoms with E-state index >= 15 is 0 Å². The van der Waals surface area contributed by atoms with E-state index < -0.39 is 11.3 Å². The molecule has 6 heteroatoms. The van der Waals surface area contributed by atoms with E-state index in [0.717, 1.165) is 12.8 Å². The van der Waals surface area contributed by atoms with Crippen molar-refractivity contribution in [3.05, 3.63) is 0 Å². The van der Waals surface area contributed by atoms with Gasteiger partial charge in [0.15, 0.2) is 0 Å². The Morgan fingerprint density at radius 3 is 2.29 bits per heavy atom. The fourth-order valence-corrected chi connectivity index (χ4v) is 1.92. The average Bonchev–Trinajstić information content (AvgIpc) is 2.28. The van der Waals surface area contributed by atoms with Crippen LogP contribution in [0.1, 0.15) is 19.8 Å². The van der Waals surface area contributed by atoms with Gasteiger partial charge in [-0.1, -0.05) is 0 Å². The van der Waals surface area contributed by atoms with E-state index in [9.17, 15) is 9.59 Å². The molecule has 0 bridgehead atoms. The fourth-order valence-electron chi connectivity index (χ4n) is 1.87. The number of carbonyl (C=O) groups is 2. The zero-order valence-electron chi connectivity index (χ0n) is 10.6. The van der Waals surface area contributed by atoms with Crippen LogP contribution in [0.15, 0.2) is 0 Å². The summed E-state index contributed by atoms with van der Waals surface area (Å²) >= 11 is 5.59. The third-order valence-corrected chi connectivity index (χ3v) is 3.27. The Morgan fingerprint density at radius 1 is 1.35 bits per heavy atom. The van der Waals surface area contributed by atoms with Crippen molar-refractivity contribution in [1.82, 2.24) is 15.1 Å². The van der Waals surface area contributed by atoms with Gasteiger partial charge in [-0.3, -0.25) is 10.1 Å². The predicted octanol–water partition coefficient (Wildman–Crippen LogP) is 0.876. The number of piperidine rings is 1. The molecule has 0 aromatic rings. The molecular weight excluding hydrogens is 242 g/mol. The van der Waals surface area contributed by atoms with Crippen molar-refractivity contribution in [2.45, 2.75) is 31.2 Å². The fraction of sp³-hybridized carbons (Fsp3) is 0.818. The van der Waals surface area contributed by atoms with Crippen molar-refractivity contribution in [3.63, 3.8) is 0 Å². The lowest BCUT2D eigenvalue weighted by molar-refractivity contribution is -0.119. The van der Waals surface area contributed by atoms with E-state index in [1.807, 2.05) is 14.1 Å². The number of rotatable bonds is 2. The monoisotopic (exact) mass is 261 g/mol. The third kappa shape index (κ3) is 4.16. The predicted molar refractivity (Wildman–Crippen MR) is 67.1 cm³/mol. The summed E-state index contributed by atoms with van der Waals surface area (Å²) in [6, 6.07) is 0.182. The van der Waals surface area contributed by atoms with Crippen molar-refractivity contribution in [3.8, 4) is 0 Å². The molecule has 17 heavy (non-hydrogen) atoms. The second-order valence-electron chi connectivity index (χ2n) is 4.59. The molecule has 1 saturated heterocycles. The van der Waals surface area contributed by atoms with Gasteiger partial charge in [0.1, 0.15) is 5.38 Å². The van der Waals surface area contributed by atoms with Gasteiger partial charge in [0, 0.05) is 19.1 Å². The first-order valence-corrected chi connectivity index (χ1v) is 6.25. The van der Waals surface area contributed by atoms with Gasteiger partial charge in [0.2, 0.25) is 5.91 Å². The van der Waals surface area contributed by atoms with Gasteiger partial charge < -0.3 is 9.80 Å². The molecule has 1 N–H and O–H groups in total. The highest BCUT2D eigenvalue weighted by atomic mass is 35.5. The zero-order chi connectivity index (χ0) is 13.0. The molecule has 0 spiro atoms. The lowest BCUT2D eigenvalue weighted by atomic mass is 10.0. The van der Waals surface area contributed by atoms with Crippen LogP contribution in [0.3, 0.4) is 0 Å². The maximum absolute atomic E-state index is 11.7. The van der Waals surface area contributed by atoms with Crippen LogP contribution in [0.25, 0.3) is 0 Å². The summed E-state index contributed by atoms with van der Waals surface area (Å²) in [5, 5.41) is 1.61. The molecular formula is C11H20ClN3O2. The third-order valence-electron chi connectivity index (χ3n) is 3.07. The number of halogens is 1. The van der Waals surface area contributed by atoms with Gasteiger partial charge in [-0.25, -0.2) is 4.79 Å². The Balaban J connectivity index is 2.38. The molecule has 98 valence electrons. The van der Waals surface area contributed by atoms with Gasteiger partial charge in [0.05, 0.1) is 0 Å². The van der Waals surface area contributed by atoms with Crippen LogP contribution in [-0.4, -0.2) is 60.3 Å². The number of hydrogen-bond donors (Lipinski definition) is 1. The summed E-state index contributed by atoms with van der Waals surface area (Å²) in [5.41, 5.74) is 0. The van der Waals surface area contributed by atoms with Gasteiger partial charge >= 0.3 is 6.03 Å². The van der Waals surface area contributed by atoms with Crippen LogP contribution in [-0.2, 0) is 4.79 Å². The van der Waals surface area contributed by atoms with Crippen LogP contribution in [0.4, 0.5) is 4.79 Å². The topological polar surface area (TPSA) is 52.7 Å². The highest BCUT2D eigenvalue weighted by Crippen LogP contribution is 2.14. The number of imide groups is 1. The molecule has 0 aliphatic carbocycles. The Kier molecular flexibility index (Phi) is 5.21. The molecule has 1 aliphatic rings. The lowest BCUT2D eigenvalue weighted by Crippen LogP contribution is -2.50. The Morgan fingerprint density at radius 2 is 1.88 bits per heavy atom. The van der Waals surface area contributed by atoms with Crippen molar-refractivity contribution in [2.24, 2.45) is 0 Å². The molecule has 0 aromatic heterocycles. The van der Waals surface area contributed by atoms with E-state index in [1.54, 1.807) is 11.8 Å². The number of nitrogens with zero attached hydrogens (tertiary/aromatic N) is 2. The summed E-state index contributed by atoms with van der Waals surface area (Å²) in [6.45, 7) is 2.90. The van der Waals surface area contributed by atoms with Crippen molar-refractivity contribution in [2.75, 3.05) is 27.2 Å². The standard InChI is InChI=1S/C11H20ClN3O2/c1-8(12)10(16)13-11(17)15-6-4-9(5-7-15)14(2)3/h8-9H,4-7H2,1-3H3,(H,13,16,17). The van der Waals surface area contributed by atoms with E-state index in [4.69, 9.17) is 11.6 Å². The Bertz CT molecular complexity index is 286. The van der Waals surface area contributed by atoms with Crippen LogP contribution in [0, 0.1) is 0 Å². The van der Waals surface area contributed by atoms with Crippen LogP contribution < -0.4 is 5.32 Å². The Hall–Kier alpha value is -0.810. The quantitative estimate of drug-likeness (QED) is 0.751. The van der Waals surface area contributed by atoms with Crippen LogP contribution in [0.5, 0.6) is 0 Å². The normalized spacial score (nSPS) is 19.2. The van der Waals surface area contributed by atoms with Crippen molar-refractivity contribution >= 4 is 23.5 Å². The highest BCUT2D eigenvalue weighted by molar-refractivity contribution is 6.31. The molecule has 0 aromatic carbocycles. The van der Waals surface area contributed by atoms with E-state index in [-0.39, 0.29) is 6.03 Å². The molecule has 1 rings (SSSR count). The van der Waals surface area contributed by atoms with Gasteiger partial charge in [0.25, 0.3) is 0 Å². The number of hydrogen-bond acceptors (Lipinski definition) is 3. The number of alkyl halides is 1. The van der Waals surface area contributed by atoms with Crippen LogP contribution in [0.2, 0.25) is 0 Å². The first kappa shape index (κ1) is 14.3. The van der Waals surface area contributed by atoms with Gasteiger partial charge in [-0.2, -0.15) is 0 Å². The molecule has 0 radical (unpaired) electrons. The summed E-state index contributed by atoms with van der Waals surface area (Å²) in [5.74, 6) is -0.439. The second-order valence-corrected chi connectivity index (χ2v) is 5.25. The van der Waals surface area contributed by atoms with Gasteiger partial charge in [-0.15, -0.1) is 11.6 Å². The maximum Gasteiger partial charge on any atom is 0.324 e. The SMILES string of the molecule is CC(Cl)C(=O)NC(=O)N1CCC(N(C)C)CC1. The lowest BCUT2D eigenvalue weighted by Gasteiger charge is -2.35. The Labute approximate surface area is 107 Å². The van der Waals surface area contributed by atoms with E-state index in [0.29, 0.717) is 19.1 Å². The molecule has 1 fully saturated rings. The minimum absolute atomic E-state index is 0.334. The highest BCUT2D eigenvalue weighted by Gasteiger charge is 2.25. The zero-order valence-corrected chi connectivity index (χ0v) is 11.3. The smallest absolute Gasteiger partial charge is 0.324 e. The number of carbonyl (C=O) groups excluding carboxylic acids is 2. The minimum Gasteiger partial charge on any atom is -0.324 e. The molecule has 5 nitrogen and oxygen atoms in total. The first-order valence-electron chi connectivity index (χ1n) is 5.82. The molecule has 1 heterocycles. The summed E-state index contributed by atoms with van der Waals surface area (Å²) in [6.07, 6.45) is 1.87. The number of likely N-dealkylation sites (tertiary alicyclic amines) is 1. The number of amides is 3. The van der Waals surface area contributed by atoms with Crippen molar-refractivity contribution in [1.29, 1.82) is 0 Å². The molecule has 1 aliphatic heterocycles. The molecule has 3 amide bonds. The maximum atomic E-state index is 11.7. The summed E-state index contributed by atoms with van der Waals surface area (Å²) in [4.78, 5) is 26.8. The second kappa shape index (κ2) is 6.21. The summed E-state index contributed by atoms with van der Waals surface area (Å²) < 4.78 is 0. The average molecular weight is 262 g/mol. The minimum atomic E-state index is -0.682. The van der Waals surface area contributed by atoms with Crippen LogP contribution >= 0.6 is 11.6 Å². The number of urea groups is 1. The number of nitrogens with one attached hydrogen (secondary N) is 1. The largest absolute Gasteiger partial charge is 0.324 e. The molecule has 1 atom stereocenters. The first-order chi connectivity index (χ1) is 7.91. The van der Waals surface area contributed by atoms with E-state index in [2.05, 4.69) is 10.2 Å². The summed E-state index contributed by atoms with van der Waals surface area (Å²) in [7, 11) is 4.08. The molecule has 1 unspecified atom stereocenters. The van der Waals surface area contributed by atoms with Gasteiger partial charge in [-0.05, 0) is 33.9 Å². The van der Waals surface area contributed by atoms with Crippen molar-refractivity contribution < 1.29 is 9.59 Å².